The molecule has 1 unspecified atom stereocenters. The highest BCUT2D eigenvalue weighted by Gasteiger charge is 2.32. The van der Waals surface area contributed by atoms with Gasteiger partial charge in [0.15, 0.2) is 0 Å². The number of aromatic nitrogens is 2. The number of nitrogens with zero attached hydrogens (tertiary/aromatic N) is 3. The number of hydrogen-bond donors (Lipinski definition) is 1. The van der Waals surface area contributed by atoms with Crippen LogP contribution in [0.3, 0.4) is 0 Å². The van der Waals surface area contributed by atoms with E-state index in [2.05, 4.69) is 0 Å². The van der Waals surface area contributed by atoms with E-state index in [9.17, 15) is 13.2 Å². The molecule has 2 aromatic rings. The summed E-state index contributed by atoms with van der Waals surface area (Å²) in [7, 11) is -0.228. The van der Waals surface area contributed by atoms with Crippen LogP contribution in [-0.4, -0.2) is 41.5 Å². The standard InChI is InChI=1S/C14H20N4O3S/c1-16-12-4-3-11(7-13(12)17(2)14(16)19)22(20,21)18-6-5-10(8-15)9-18/h3-4,7,10H,5-6,8-9,15H2,1-2H3. The molecule has 0 amide bonds. The number of sulfonamides is 1. The third kappa shape index (κ3) is 2.18. The fourth-order valence-corrected chi connectivity index (χ4v) is 4.56. The van der Waals surface area contributed by atoms with Gasteiger partial charge in [-0.3, -0.25) is 9.13 Å². The maximum absolute atomic E-state index is 12.7. The van der Waals surface area contributed by atoms with Crippen LogP contribution in [0.25, 0.3) is 11.0 Å². The van der Waals surface area contributed by atoms with E-state index in [0.29, 0.717) is 30.7 Å². The predicted molar refractivity (Wildman–Crippen MR) is 84.1 cm³/mol. The van der Waals surface area contributed by atoms with Crippen LogP contribution in [0.15, 0.2) is 27.9 Å². The van der Waals surface area contributed by atoms with Gasteiger partial charge in [0, 0.05) is 27.2 Å². The van der Waals surface area contributed by atoms with E-state index >= 15 is 0 Å². The molecule has 0 bridgehead atoms. The van der Waals surface area contributed by atoms with Crippen LogP contribution < -0.4 is 11.4 Å². The van der Waals surface area contributed by atoms with Gasteiger partial charge in [0.25, 0.3) is 0 Å². The third-order valence-corrected chi connectivity index (χ3v) is 6.32. The number of nitrogens with two attached hydrogens (primary N) is 1. The lowest BCUT2D eigenvalue weighted by atomic mass is 10.1. The topological polar surface area (TPSA) is 90.3 Å². The average molecular weight is 324 g/mol. The summed E-state index contributed by atoms with van der Waals surface area (Å²) in [6.45, 7) is 1.46. The molecule has 1 saturated heterocycles. The van der Waals surface area contributed by atoms with Crippen LogP contribution in [0.5, 0.6) is 0 Å². The van der Waals surface area contributed by atoms with Gasteiger partial charge in [-0.2, -0.15) is 4.31 Å². The first-order chi connectivity index (χ1) is 10.4. The van der Waals surface area contributed by atoms with Crippen molar-refractivity contribution in [2.24, 2.45) is 25.7 Å². The van der Waals surface area contributed by atoms with E-state index < -0.39 is 10.0 Å². The molecular formula is C14H20N4O3S. The van der Waals surface area contributed by atoms with Crippen LogP contribution in [0.4, 0.5) is 0 Å². The molecular weight excluding hydrogens is 304 g/mol. The van der Waals surface area contributed by atoms with Crippen LogP contribution in [0.1, 0.15) is 6.42 Å². The van der Waals surface area contributed by atoms with E-state index in [1.807, 2.05) is 0 Å². The molecule has 8 heteroatoms. The molecule has 1 atom stereocenters. The van der Waals surface area contributed by atoms with Crippen molar-refractivity contribution in [2.75, 3.05) is 19.6 Å². The first-order valence-electron chi connectivity index (χ1n) is 7.22. The summed E-state index contributed by atoms with van der Waals surface area (Å²) in [6, 6.07) is 4.81. The van der Waals surface area contributed by atoms with E-state index in [0.717, 1.165) is 6.42 Å². The Morgan fingerprint density at radius 1 is 1.23 bits per heavy atom. The van der Waals surface area contributed by atoms with Crippen molar-refractivity contribution in [3.8, 4) is 0 Å². The molecule has 1 aliphatic rings. The van der Waals surface area contributed by atoms with Crippen molar-refractivity contribution >= 4 is 21.1 Å². The van der Waals surface area contributed by atoms with Crippen molar-refractivity contribution in [3.05, 3.63) is 28.7 Å². The third-order valence-electron chi connectivity index (χ3n) is 4.46. The first kappa shape index (κ1) is 15.3. The molecule has 1 aromatic carbocycles. The largest absolute Gasteiger partial charge is 0.330 e. The van der Waals surface area contributed by atoms with Crippen molar-refractivity contribution < 1.29 is 8.42 Å². The molecule has 7 nitrogen and oxygen atoms in total. The number of imidazole rings is 1. The molecule has 2 heterocycles. The summed E-state index contributed by atoms with van der Waals surface area (Å²) in [5.41, 5.74) is 6.79. The minimum absolute atomic E-state index is 0.172. The fraction of sp³-hybridized carbons (Fsp3) is 0.500. The fourth-order valence-electron chi connectivity index (χ4n) is 3.00. The predicted octanol–water partition coefficient (Wildman–Crippen LogP) is -0.154. The SMILES string of the molecule is Cn1c(=O)n(C)c2cc(S(=O)(=O)N3CCC(CN)C3)ccc21. The normalized spacial score (nSPS) is 20.0. The second kappa shape index (κ2) is 5.22. The van der Waals surface area contributed by atoms with E-state index in [1.165, 1.54) is 13.4 Å². The molecule has 22 heavy (non-hydrogen) atoms. The lowest BCUT2D eigenvalue weighted by Crippen LogP contribution is -2.30. The van der Waals surface area contributed by atoms with Gasteiger partial charge in [-0.1, -0.05) is 0 Å². The lowest BCUT2D eigenvalue weighted by Gasteiger charge is -2.16. The first-order valence-corrected chi connectivity index (χ1v) is 8.66. The maximum atomic E-state index is 12.7. The highest BCUT2D eigenvalue weighted by Crippen LogP contribution is 2.25. The molecule has 0 aliphatic carbocycles. The molecule has 1 aliphatic heterocycles. The van der Waals surface area contributed by atoms with Crippen molar-refractivity contribution in [1.29, 1.82) is 0 Å². The summed E-state index contributed by atoms with van der Waals surface area (Å²) in [6.07, 6.45) is 0.793. The second-order valence-corrected chi connectivity index (χ2v) is 7.74. The Hall–Kier alpha value is -1.64. The molecule has 2 N–H and O–H groups in total. The Bertz CT molecular complexity index is 881. The lowest BCUT2D eigenvalue weighted by molar-refractivity contribution is 0.459. The van der Waals surface area contributed by atoms with Crippen molar-refractivity contribution in [1.82, 2.24) is 13.4 Å². The monoisotopic (exact) mass is 324 g/mol. The summed E-state index contributed by atoms with van der Waals surface area (Å²) >= 11 is 0. The molecule has 3 rings (SSSR count). The number of benzene rings is 1. The Morgan fingerprint density at radius 2 is 1.91 bits per heavy atom. The molecule has 0 saturated carbocycles. The molecule has 1 fully saturated rings. The van der Waals surface area contributed by atoms with Gasteiger partial charge in [0.2, 0.25) is 10.0 Å². The Kier molecular flexibility index (Phi) is 3.62. The molecule has 0 spiro atoms. The highest BCUT2D eigenvalue weighted by atomic mass is 32.2. The Balaban J connectivity index is 2.07. The molecule has 120 valence electrons. The minimum Gasteiger partial charge on any atom is -0.330 e. The van der Waals surface area contributed by atoms with E-state index in [1.54, 1.807) is 32.3 Å². The highest BCUT2D eigenvalue weighted by molar-refractivity contribution is 7.89. The minimum atomic E-state index is -3.54. The molecule has 0 radical (unpaired) electrons. The average Bonchev–Trinajstić information content (AvgIpc) is 3.08. The van der Waals surface area contributed by atoms with Gasteiger partial charge in [0.1, 0.15) is 0 Å². The van der Waals surface area contributed by atoms with Crippen LogP contribution >= 0.6 is 0 Å². The zero-order valence-electron chi connectivity index (χ0n) is 12.7. The summed E-state index contributed by atoms with van der Waals surface area (Å²) in [4.78, 5) is 12.2. The number of rotatable bonds is 3. The summed E-state index contributed by atoms with van der Waals surface area (Å²) < 4.78 is 29.9. The van der Waals surface area contributed by atoms with Crippen molar-refractivity contribution in [2.45, 2.75) is 11.3 Å². The number of fused-ring (bicyclic) bond motifs is 1. The zero-order valence-corrected chi connectivity index (χ0v) is 13.5. The number of aryl methyl sites for hydroxylation is 2. The van der Waals surface area contributed by atoms with Gasteiger partial charge in [0.05, 0.1) is 15.9 Å². The second-order valence-electron chi connectivity index (χ2n) is 5.80. The van der Waals surface area contributed by atoms with Gasteiger partial charge < -0.3 is 5.73 Å². The van der Waals surface area contributed by atoms with Crippen LogP contribution in [-0.2, 0) is 24.1 Å². The maximum Gasteiger partial charge on any atom is 0.328 e. The Labute approximate surface area is 129 Å². The molecule has 1 aromatic heterocycles. The summed E-state index contributed by atoms with van der Waals surface area (Å²) in [5, 5.41) is 0. The number of hydrogen-bond acceptors (Lipinski definition) is 4. The Morgan fingerprint density at radius 3 is 2.55 bits per heavy atom. The van der Waals surface area contributed by atoms with Crippen molar-refractivity contribution in [3.63, 3.8) is 0 Å². The smallest absolute Gasteiger partial charge is 0.328 e. The van der Waals surface area contributed by atoms with E-state index in [4.69, 9.17) is 5.73 Å². The van der Waals surface area contributed by atoms with Gasteiger partial charge in [-0.05, 0) is 37.1 Å². The quantitative estimate of drug-likeness (QED) is 0.850. The van der Waals surface area contributed by atoms with Gasteiger partial charge in [-0.25, -0.2) is 13.2 Å². The van der Waals surface area contributed by atoms with Crippen LogP contribution in [0.2, 0.25) is 0 Å². The van der Waals surface area contributed by atoms with Gasteiger partial charge >= 0.3 is 5.69 Å². The van der Waals surface area contributed by atoms with Gasteiger partial charge in [-0.15, -0.1) is 0 Å². The summed E-state index contributed by atoms with van der Waals surface area (Å²) in [5.74, 6) is 0.222. The zero-order chi connectivity index (χ0) is 16.1. The van der Waals surface area contributed by atoms with Crippen LogP contribution in [0, 0.1) is 5.92 Å². The van der Waals surface area contributed by atoms with E-state index in [-0.39, 0.29) is 16.5 Å².